The Hall–Kier alpha value is -3.30. The zero-order valence-electron chi connectivity index (χ0n) is 19.2. The number of rotatable bonds is 8. The summed E-state index contributed by atoms with van der Waals surface area (Å²) in [5.41, 5.74) is 2.11. The van der Waals surface area contributed by atoms with Crippen molar-refractivity contribution < 1.29 is 18.0 Å². The third kappa shape index (κ3) is 6.27. The SMILES string of the molecule is CCc1ccc(-n2c(Cc3ccccc3)nnc2SCC(=O)Nc2cc(C(F)(F)F)ccc2Cl)cc1. The zero-order chi connectivity index (χ0) is 25.7. The molecule has 4 aromatic rings. The Labute approximate surface area is 215 Å². The Bertz CT molecular complexity index is 1340. The van der Waals surface area contributed by atoms with Gasteiger partial charge in [-0.25, -0.2) is 0 Å². The Morgan fingerprint density at radius 3 is 2.39 bits per heavy atom. The lowest BCUT2D eigenvalue weighted by molar-refractivity contribution is -0.137. The molecule has 5 nitrogen and oxygen atoms in total. The molecule has 3 aromatic carbocycles. The van der Waals surface area contributed by atoms with Crippen molar-refractivity contribution in [3.05, 3.63) is 100 Å². The Kier molecular flexibility index (Phi) is 8.01. The van der Waals surface area contributed by atoms with Crippen LogP contribution in [0, 0.1) is 0 Å². The summed E-state index contributed by atoms with van der Waals surface area (Å²) >= 11 is 7.14. The van der Waals surface area contributed by atoms with Gasteiger partial charge in [0, 0.05) is 12.1 Å². The van der Waals surface area contributed by atoms with E-state index in [1.54, 1.807) is 0 Å². The molecule has 0 radical (unpaired) electrons. The fraction of sp³-hybridized carbons (Fsp3) is 0.192. The van der Waals surface area contributed by atoms with Crippen molar-refractivity contribution in [3.8, 4) is 5.69 Å². The molecule has 1 N–H and O–H groups in total. The second-order valence-corrected chi connectivity index (χ2v) is 9.30. The van der Waals surface area contributed by atoms with Crippen molar-refractivity contribution in [2.75, 3.05) is 11.1 Å². The van der Waals surface area contributed by atoms with Gasteiger partial charge in [-0.05, 0) is 47.9 Å². The van der Waals surface area contributed by atoms with Crippen LogP contribution in [-0.2, 0) is 23.8 Å². The van der Waals surface area contributed by atoms with Gasteiger partial charge in [-0.2, -0.15) is 13.2 Å². The van der Waals surface area contributed by atoms with E-state index in [1.165, 1.54) is 5.56 Å². The predicted molar refractivity (Wildman–Crippen MR) is 136 cm³/mol. The Morgan fingerprint density at radius 1 is 1.00 bits per heavy atom. The minimum atomic E-state index is -4.54. The highest BCUT2D eigenvalue weighted by Gasteiger charge is 2.31. The van der Waals surface area contributed by atoms with Gasteiger partial charge >= 0.3 is 6.18 Å². The van der Waals surface area contributed by atoms with Crippen LogP contribution in [-0.4, -0.2) is 26.4 Å². The molecule has 0 bridgehead atoms. The number of hydrogen-bond donors (Lipinski definition) is 1. The van der Waals surface area contributed by atoms with Crippen LogP contribution in [0.15, 0.2) is 78.0 Å². The summed E-state index contributed by atoms with van der Waals surface area (Å²) in [6.07, 6.45) is -3.10. The number of nitrogens with zero attached hydrogens (tertiary/aromatic N) is 3. The van der Waals surface area contributed by atoms with Crippen LogP contribution in [0.2, 0.25) is 5.02 Å². The minimum Gasteiger partial charge on any atom is -0.324 e. The summed E-state index contributed by atoms with van der Waals surface area (Å²) < 4.78 is 41.0. The minimum absolute atomic E-state index is 0.0191. The van der Waals surface area contributed by atoms with Gasteiger partial charge in [0.2, 0.25) is 5.91 Å². The van der Waals surface area contributed by atoms with Gasteiger partial charge in [0.25, 0.3) is 0 Å². The van der Waals surface area contributed by atoms with Crippen LogP contribution in [0.5, 0.6) is 0 Å². The summed E-state index contributed by atoms with van der Waals surface area (Å²) in [4.78, 5) is 12.6. The molecule has 0 aliphatic rings. The van der Waals surface area contributed by atoms with Crippen LogP contribution in [0.4, 0.5) is 18.9 Å². The number of amides is 1. The molecule has 0 aliphatic carbocycles. The number of benzene rings is 3. The summed E-state index contributed by atoms with van der Waals surface area (Å²) in [6.45, 7) is 2.07. The van der Waals surface area contributed by atoms with E-state index in [9.17, 15) is 18.0 Å². The largest absolute Gasteiger partial charge is 0.416 e. The third-order valence-electron chi connectivity index (χ3n) is 5.41. The van der Waals surface area contributed by atoms with Crippen molar-refractivity contribution in [1.82, 2.24) is 14.8 Å². The van der Waals surface area contributed by atoms with Crippen molar-refractivity contribution in [2.24, 2.45) is 0 Å². The average molecular weight is 531 g/mol. The number of nitrogens with one attached hydrogen (secondary N) is 1. The predicted octanol–water partition coefficient (Wildman–Crippen LogP) is 6.82. The van der Waals surface area contributed by atoms with Gasteiger partial charge in [0.15, 0.2) is 5.16 Å². The van der Waals surface area contributed by atoms with E-state index in [1.807, 2.05) is 59.2 Å². The van der Waals surface area contributed by atoms with Crippen LogP contribution in [0.3, 0.4) is 0 Å². The highest BCUT2D eigenvalue weighted by molar-refractivity contribution is 7.99. The first kappa shape index (κ1) is 25.8. The lowest BCUT2D eigenvalue weighted by Crippen LogP contribution is -2.16. The molecule has 4 rings (SSSR count). The first-order chi connectivity index (χ1) is 17.2. The summed E-state index contributed by atoms with van der Waals surface area (Å²) in [6, 6.07) is 20.6. The van der Waals surface area contributed by atoms with Crippen molar-refractivity contribution in [2.45, 2.75) is 31.1 Å². The van der Waals surface area contributed by atoms with Crippen LogP contribution >= 0.6 is 23.4 Å². The number of aryl methyl sites for hydroxylation is 1. The topological polar surface area (TPSA) is 59.8 Å². The zero-order valence-corrected chi connectivity index (χ0v) is 20.8. The normalized spacial score (nSPS) is 11.5. The highest BCUT2D eigenvalue weighted by Crippen LogP contribution is 2.34. The molecule has 186 valence electrons. The number of hydrogen-bond acceptors (Lipinski definition) is 4. The summed E-state index contributed by atoms with van der Waals surface area (Å²) in [5, 5.41) is 11.6. The van der Waals surface area contributed by atoms with Crippen LogP contribution in [0.25, 0.3) is 5.69 Å². The first-order valence-electron chi connectivity index (χ1n) is 11.1. The van der Waals surface area contributed by atoms with Crippen molar-refractivity contribution in [3.63, 3.8) is 0 Å². The second kappa shape index (κ2) is 11.2. The maximum Gasteiger partial charge on any atom is 0.416 e. The lowest BCUT2D eigenvalue weighted by atomic mass is 10.1. The molecule has 10 heteroatoms. The Morgan fingerprint density at radius 2 is 1.72 bits per heavy atom. The van der Waals surface area contributed by atoms with Gasteiger partial charge in [-0.15, -0.1) is 10.2 Å². The van der Waals surface area contributed by atoms with E-state index in [4.69, 9.17) is 11.6 Å². The van der Waals surface area contributed by atoms with Crippen LogP contribution < -0.4 is 5.32 Å². The molecule has 0 fully saturated rings. The molecular weight excluding hydrogens is 509 g/mol. The van der Waals surface area contributed by atoms with E-state index < -0.39 is 17.6 Å². The van der Waals surface area contributed by atoms with Gasteiger partial charge in [-0.1, -0.05) is 72.8 Å². The summed E-state index contributed by atoms with van der Waals surface area (Å²) in [7, 11) is 0. The molecule has 0 atom stereocenters. The van der Waals surface area contributed by atoms with E-state index >= 15 is 0 Å². The van der Waals surface area contributed by atoms with Crippen molar-refractivity contribution in [1.29, 1.82) is 0 Å². The van der Waals surface area contributed by atoms with Gasteiger partial charge in [-0.3, -0.25) is 9.36 Å². The fourth-order valence-corrected chi connectivity index (χ4v) is 4.48. The van der Waals surface area contributed by atoms with E-state index in [0.29, 0.717) is 17.4 Å². The van der Waals surface area contributed by atoms with E-state index in [2.05, 4.69) is 22.4 Å². The molecule has 36 heavy (non-hydrogen) atoms. The van der Waals surface area contributed by atoms with Gasteiger partial charge in [0.1, 0.15) is 5.82 Å². The number of halogens is 4. The number of alkyl halides is 3. The number of carbonyl (C=O) groups is 1. The molecule has 0 unspecified atom stereocenters. The fourth-order valence-electron chi connectivity index (χ4n) is 3.54. The lowest BCUT2D eigenvalue weighted by Gasteiger charge is -2.12. The molecule has 0 aliphatic heterocycles. The van der Waals surface area contributed by atoms with Gasteiger partial charge in [0.05, 0.1) is 22.0 Å². The van der Waals surface area contributed by atoms with Crippen LogP contribution in [0.1, 0.15) is 29.4 Å². The summed E-state index contributed by atoms with van der Waals surface area (Å²) in [5.74, 6) is 0.0966. The van der Waals surface area contributed by atoms with Crippen molar-refractivity contribution >= 4 is 35.0 Å². The molecule has 0 spiro atoms. The maximum atomic E-state index is 13.0. The number of thioether (sulfide) groups is 1. The van der Waals surface area contributed by atoms with Gasteiger partial charge < -0.3 is 5.32 Å². The molecule has 0 saturated carbocycles. The van der Waals surface area contributed by atoms with E-state index in [0.717, 1.165) is 47.6 Å². The molecule has 0 saturated heterocycles. The number of anilines is 1. The number of carbonyl (C=O) groups excluding carboxylic acids is 1. The first-order valence-corrected chi connectivity index (χ1v) is 12.5. The van der Waals surface area contributed by atoms with E-state index in [-0.39, 0.29) is 16.5 Å². The maximum absolute atomic E-state index is 13.0. The molecule has 1 aromatic heterocycles. The Balaban J connectivity index is 1.55. The monoisotopic (exact) mass is 530 g/mol. The highest BCUT2D eigenvalue weighted by atomic mass is 35.5. The third-order valence-corrected chi connectivity index (χ3v) is 6.67. The second-order valence-electron chi connectivity index (χ2n) is 7.95. The average Bonchev–Trinajstić information content (AvgIpc) is 3.26. The molecular formula is C26H22ClF3N4OS. The standard InChI is InChI=1S/C26H22ClF3N4OS/c1-2-17-8-11-20(12-9-17)34-23(14-18-6-4-3-5-7-18)32-33-25(34)36-16-24(35)31-22-15-19(26(28,29)30)10-13-21(22)27/h3-13,15H,2,14,16H2,1H3,(H,31,35). The quantitative estimate of drug-likeness (QED) is 0.254. The smallest absolute Gasteiger partial charge is 0.324 e. The number of aromatic nitrogens is 3. The molecule has 1 amide bonds. The molecule has 1 heterocycles.